The van der Waals surface area contributed by atoms with E-state index in [4.69, 9.17) is 21.1 Å². The minimum absolute atomic E-state index is 0.00550. The van der Waals surface area contributed by atoms with Crippen LogP contribution in [0.15, 0.2) is 48.8 Å². The molecule has 2 fully saturated rings. The summed E-state index contributed by atoms with van der Waals surface area (Å²) in [6, 6.07) is 7.94. The highest BCUT2D eigenvalue weighted by Crippen LogP contribution is 2.36. The number of amides is 1. The number of nitrogens with zero attached hydrogens (tertiary/aromatic N) is 3. The smallest absolute Gasteiger partial charge is 0.248 e. The zero-order valence-corrected chi connectivity index (χ0v) is 20.4. The third-order valence-electron chi connectivity index (χ3n) is 6.08. The largest absolute Gasteiger partial charge is 0.491 e. The standard InChI is InChI=1S/C26H27ClFN5O3/c27-20-12-18(5-6-21(20)28)31-26-19-13-23(32-25(34)2-1-7-33-8-10-35-11-9-33)24(36-15-17-3-4-17)14-22(19)29-16-30-26/h1-2,5-6,12-14,16-17H,3-4,7-11,15H2,(H,32,34)(H,29,30,31). The lowest BCUT2D eigenvalue weighted by Gasteiger charge is -2.25. The number of ether oxygens (including phenoxy) is 2. The Kier molecular flexibility index (Phi) is 7.60. The van der Waals surface area contributed by atoms with Crippen molar-refractivity contribution >= 4 is 45.6 Å². The van der Waals surface area contributed by atoms with E-state index in [0.717, 1.165) is 25.9 Å². The minimum Gasteiger partial charge on any atom is -0.491 e. The molecule has 188 valence electrons. The molecule has 3 aromatic rings. The minimum atomic E-state index is -0.501. The molecule has 10 heteroatoms. The third-order valence-corrected chi connectivity index (χ3v) is 6.37. The maximum atomic E-state index is 13.6. The average molecular weight is 512 g/mol. The Morgan fingerprint density at radius 1 is 1.22 bits per heavy atom. The van der Waals surface area contributed by atoms with Crippen molar-refractivity contribution in [2.75, 3.05) is 50.1 Å². The first-order chi connectivity index (χ1) is 17.5. The molecule has 1 aliphatic heterocycles. The van der Waals surface area contributed by atoms with Gasteiger partial charge in [-0.1, -0.05) is 17.7 Å². The van der Waals surface area contributed by atoms with E-state index in [1.807, 2.05) is 6.08 Å². The molecule has 2 heterocycles. The lowest BCUT2D eigenvalue weighted by Crippen LogP contribution is -2.36. The molecule has 0 bridgehead atoms. The zero-order chi connectivity index (χ0) is 24.9. The van der Waals surface area contributed by atoms with Gasteiger partial charge in [-0.25, -0.2) is 14.4 Å². The first kappa shape index (κ1) is 24.4. The number of anilines is 3. The molecular weight excluding hydrogens is 485 g/mol. The number of hydrogen-bond acceptors (Lipinski definition) is 7. The highest BCUT2D eigenvalue weighted by atomic mass is 35.5. The Hall–Kier alpha value is -3.27. The lowest BCUT2D eigenvalue weighted by atomic mass is 10.1. The van der Waals surface area contributed by atoms with Crippen molar-refractivity contribution in [2.45, 2.75) is 12.8 Å². The molecule has 1 saturated heterocycles. The van der Waals surface area contributed by atoms with Crippen LogP contribution in [0.5, 0.6) is 5.75 Å². The zero-order valence-electron chi connectivity index (χ0n) is 19.7. The number of hydrogen-bond donors (Lipinski definition) is 2. The summed E-state index contributed by atoms with van der Waals surface area (Å²) in [5.74, 6) is 0.839. The van der Waals surface area contributed by atoms with Crippen molar-refractivity contribution in [3.8, 4) is 5.75 Å². The van der Waals surface area contributed by atoms with E-state index in [2.05, 4.69) is 25.5 Å². The summed E-state index contributed by atoms with van der Waals surface area (Å²) in [4.78, 5) is 23.7. The topological polar surface area (TPSA) is 88.6 Å². The fraction of sp³-hybridized carbons (Fsp3) is 0.346. The van der Waals surface area contributed by atoms with Crippen LogP contribution in [-0.2, 0) is 9.53 Å². The molecule has 1 amide bonds. The van der Waals surface area contributed by atoms with Crippen LogP contribution in [0.25, 0.3) is 10.9 Å². The Balaban J connectivity index is 1.38. The molecule has 1 aromatic heterocycles. The van der Waals surface area contributed by atoms with Crippen molar-refractivity contribution in [2.24, 2.45) is 5.92 Å². The molecule has 0 unspecified atom stereocenters. The highest BCUT2D eigenvalue weighted by molar-refractivity contribution is 6.31. The average Bonchev–Trinajstić information content (AvgIpc) is 3.71. The van der Waals surface area contributed by atoms with Crippen LogP contribution in [0.1, 0.15) is 12.8 Å². The molecule has 5 rings (SSSR count). The van der Waals surface area contributed by atoms with Gasteiger partial charge in [0.05, 0.1) is 36.0 Å². The van der Waals surface area contributed by atoms with Gasteiger partial charge in [0.2, 0.25) is 5.91 Å². The van der Waals surface area contributed by atoms with Gasteiger partial charge >= 0.3 is 0 Å². The summed E-state index contributed by atoms with van der Waals surface area (Å²) in [6.45, 7) is 4.39. The normalized spacial score (nSPS) is 16.4. The number of aromatic nitrogens is 2. The quantitative estimate of drug-likeness (QED) is 0.400. The van der Waals surface area contributed by atoms with Crippen LogP contribution in [0, 0.1) is 11.7 Å². The van der Waals surface area contributed by atoms with E-state index in [0.29, 0.717) is 66.1 Å². The fourth-order valence-corrected chi connectivity index (χ4v) is 4.05. The molecule has 2 N–H and O–H groups in total. The SMILES string of the molecule is O=C(C=CCN1CCOCC1)Nc1cc2c(Nc3ccc(F)c(Cl)c3)ncnc2cc1OCC1CC1. The number of halogens is 2. The maximum absolute atomic E-state index is 13.6. The van der Waals surface area contributed by atoms with Gasteiger partial charge in [-0.3, -0.25) is 9.69 Å². The molecule has 0 atom stereocenters. The first-order valence-corrected chi connectivity index (χ1v) is 12.3. The Bertz CT molecular complexity index is 1280. The van der Waals surface area contributed by atoms with Crippen molar-refractivity contribution in [1.29, 1.82) is 0 Å². The number of nitrogens with one attached hydrogen (secondary N) is 2. The van der Waals surface area contributed by atoms with Crippen LogP contribution >= 0.6 is 11.6 Å². The summed E-state index contributed by atoms with van der Waals surface area (Å²) < 4.78 is 25.0. The van der Waals surface area contributed by atoms with Crippen molar-refractivity contribution < 1.29 is 18.7 Å². The summed E-state index contributed by atoms with van der Waals surface area (Å²) in [7, 11) is 0. The first-order valence-electron chi connectivity index (χ1n) is 12.0. The summed E-state index contributed by atoms with van der Waals surface area (Å²) in [6.07, 6.45) is 7.12. The van der Waals surface area contributed by atoms with E-state index < -0.39 is 5.82 Å². The van der Waals surface area contributed by atoms with Crippen LogP contribution < -0.4 is 15.4 Å². The monoisotopic (exact) mass is 511 g/mol. The van der Waals surface area contributed by atoms with Crippen LogP contribution in [0.4, 0.5) is 21.6 Å². The Morgan fingerprint density at radius 3 is 2.83 bits per heavy atom. The van der Waals surface area contributed by atoms with Gasteiger partial charge in [0.1, 0.15) is 23.7 Å². The molecule has 1 saturated carbocycles. The van der Waals surface area contributed by atoms with Crippen LogP contribution in [0.3, 0.4) is 0 Å². The molecule has 2 aromatic carbocycles. The lowest BCUT2D eigenvalue weighted by molar-refractivity contribution is -0.111. The number of fused-ring (bicyclic) bond motifs is 1. The maximum Gasteiger partial charge on any atom is 0.248 e. The second-order valence-electron chi connectivity index (χ2n) is 8.90. The third kappa shape index (κ3) is 6.29. The molecule has 36 heavy (non-hydrogen) atoms. The number of morpholine rings is 1. The van der Waals surface area contributed by atoms with Gasteiger partial charge in [-0.15, -0.1) is 0 Å². The molecular formula is C26H27ClFN5O3. The molecule has 8 nitrogen and oxygen atoms in total. The fourth-order valence-electron chi connectivity index (χ4n) is 3.87. The van der Waals surface area contributed by atoms with Crippen LogP contribution in [-0.4, -0.2) is 60.2 Å². The van der Waals surface area contributed by atoms with Gasteiger partial charge in [-0.2, -0.15) is 0 Å². The number of rotatable bonds is 9. The van der Waals surface area contributed by atoms with E-state index >= 15 is 0 Å². The molecule has 0 spiro atoms. The molecule has 2 aliphatic rings. The second kappa shape index (κ2) is 11.2. The van der Waals surface area contributed by atoms with Crippen molar-refractivity contribution in [1.82, 2.24) is 14.9 Å². The van der Waals surface area contributed by atoms with Gasteiger partial charge in [0.15, 0.2) is 0 Å². The van der Waals surface area contributed by atoms with Crippen molar-refractivity contribution in [3.05, 3.63) is 59.7 Å². The molecule has 0 radical (unpaired) electrons. The van der Waals surface area contributed by atoms with Gasteiger partial charge < -0.3 is 20.1 Å². The highest BCUT2D eigenvalue weighted by Gasteiger charge is 2.23. The summed E-state index contributed by atoms with van der Waals surface area (Å²) in [5.41, 5.74) is 1.75. The number of carbonyl (C=O) groups is 1. The summed E-state index contributed by atoms with van der Waals surface area (Å²) >= 11 is 5.93. The van der Waals surface area contributed by atoms with Gasteiger partial charge in [0, 0.05) is 42.9 Å². The second-order valence-corrected chi connectivity index (χ2v) is 9.31. The Labute approximate surface area is 213 Å². The summed E-state index contributed by atoms with van der Waals surface area (Å²) in [5, 5.41) is 6.78. The van der Waals surface area contributed by atoms with Gasteiger partial charge in [0.25, 0.3) is 0 Å². The van der Waals surface area contributed by atoms with Crippen molar-refractivity contribution in [3.63, 3.8) is 0 Å². The number of benzene rings is 2. The predicted octanol–water partition coefficient (Wildman–Crippen LogP) is 4.78. The van der Waals surface area contributed by atoms with E-state index in [1.165, 1.54) is 24.5 Å². The predicted molar refractivity (Wildman–Crippen MR) is 137 cm³/mol. The molecule has 1 aliphatic carbocycles. The number of carbonyl (C=O) groups excluding carboxylic acids is 1. The van der Waals surface area contributed by atoms with E-state index in [9.17, 15) is 9.18 Å². The van der Waals surface area contributed by atoms with E-state index in [1.54, 1.807) is 18.2 Å². The van der Waals surface area contributed by atoms with Gasteiger partial charge in [-0.05, 0) is 43.0 Å². The van der Waals surface area contributed by atoms with Crippen LogP contribution in [0.2, 0.25) is 5.02 Å². The van der Waals surface area contributed by atoms with E-state index in [-0.39, 0.29) is 10.9 Å². The Morgan fingerprint density at radius 2 is 2.06 bits per heavy atom.